The molecule has 0 aliphatic carbocycles. The SMILES string of the molecule is Cc1c(/C=C2\NC(=O)[C@H](C)[C@H]2[C@H]2CS2)[nH]c(Cc2[nH]c(C[C@H]3NC(=O)C(=C\CO)/C3=C/O)c(C)c2CCC(=O)O)c1CCC(=O)O. The third-order valence-corrected chi connectivity index (χ3v) is 10.3. The van der Waals surface area contributed by atoms with E-state index in [1.807, 2.05) is 38.6 Å². The summed E-state index contributed by atoms with van der Waals surface area (Å²) in [5.74, 6) is -1.31. The van der Waals surface area contributed by atoms with Gasteiger partial charge in [-0.3, -0.25) is 19.2 Å². The predicted octanol–water partition coefficient (Wildman–Crippen LogP) is 2.82. The minimum absolute atomic E-state index is 0.00614. The number of H-pyrrole nitrogens is 2. The third-order valence-electron chi connectivity index (χ3n) is 9.33. The molecule has 3 aliphatic heterocycles. The zero-order valence-corrected chi connectivity index (χ0v) is 26.8. The van der Waals surface area contributed by atoms with Crippen molar-refractivity contribution in [3.8, 4) is 0 Å². The number of rotatable bonds is 13. The first kappa shape index (κ1) is 33.1. The number of hydrogen-bond donors (Lipinski definition) is 8. The molecule has 5 rings (SSSR count). The van der Waals surface area contributed by atoms with Gasteiger partial charge in [-0.05, 0) is 61.1 Å². The Balaban J connectivity index is 1.51. The molecule has 3 saturated heterocycles. The maximum atomic E-state index is 12.6. The summed E-state index contributed by atoms with van der Waals surface area (Å²) < 4.78 is 0. The standard InChI is InChI=1S/C33H40N4O8S/c1-15-18(4-6-29(40)41)24(34-22(15)10-26-21(13-39)20(8-9-38)33(45)36-26)12-25-19(5-7-30(42)43)16(2)23(35-25)11-27-31(28-14-46-28)17(3)32(44)37-27/h8,11,13,17,26,28,31,34-35,38-39H,4-7,9-10,12,14H2,1-3H3,(H,36,45)(H,37,44)(H,40,41)(H,42,43)/b20-8-,21-13-,27-11-/t17-,26-,28-,31-/m1/s1. The van der Waals surface area contributed by atoms with Gasteiger partial charge in [0.1, 0.15) is 0 Å². The van der Waals surface area contributed by atoms with Gasteiger partial charge in [-0.15, -0.1) is 0 Å². The van der Waals surface area contributed by atoms with Crippen molar-refractivity contribution in [1.82, 2.24) is 20.6 Å². The number of amides is 2. The summed E-state index contributed by atoms with van der Waals surface area (Å²) in [4.78, 5) is 55.2. The molecule has 246 valence electrons. The maximum Gasteiger partial charge on any atom is 0.303 e. The second kappa shape index (κ2) is 13.6. The molecular formula is C33H40N4O8S. The lowest BCUT2D eigenvalue weighted by Crippen LogP contribution is -2.28. The second-order valence-corrected chi connectivity index (χ2v) is 13.4. The van der Waals surface area contributed by atoms with Crippen LogP contribution in [0.3, 0.4) is 0 Å². The Hall–Kier alpha value is -4.23. The van der Waals surface area contributed by atoms with Crippen molar-refractivity contribution in [2.24, 2.45) is 11.8 Å². The molecule has 3 fully saturated rings. The van der Waals surface area contributed by atoms with Crippen LogP contribution in [0.25, 0.3) is 6.08 Å². The van der Waals surface area contributed by atoms with Crippen LogP contribution in [0.2, 0.25) is 0 Å². The lowest BCUT2D eigenvalue weighted by Gasteiger charge is -2.12. The van der Waals surface area contributed by atoms with Crippen LogP contribution in [0.5, 0.6) is 0 Å². The van der Waals surface area contributed by atoms with Crippen LogP contribution in [0.4, 0.5) is 0 Å². The highest BCUT2D eigenvalue weighted by molar-refractivity contribution is 8.06. The molecule has 12 nitrogen and oxygen atoms in total. The Labute approximate surface area is 270 Å². The fraction of sp³-hybridized carbons (Fsp3) is 0.455. The lowest BCUT2D eigenvalue weighted by atomic mass is 9.91. The molecule has 3 aliphatic rings. The van der Waals surface area contributed by atoms with Crippen LogP contribution >= 0.6 is 11.8 Å². The molecule has 8 N–H and O–H groups in total. The number of aliphatic hydroxyl groups excluding tert-OH is 2. The Bertz CT molecular complexity index is 1660. The summed E-state index contributed by atoms with van der Waals surface area (Å²) in [6.45, 7) is 5.40. The summed E-state index contributed by atoms with van der Waals surface area (Å²) >= 11 is 1.83. The first-order valence-electron chi connectivity index (χ1n) is 15.4. The Morgan fingerprint density at radius 2 is 1.61 bits per heavy atom. The van der Waals surface area contributed by atoms with Gasteiger partial charge in [0.2, 0.25) is 5.91 Å². The van der Waals surface area contributed by atoms with Crippen molar-refractivity contribution < 1.29 is 39.6 Å². The topological polar surface area (TPSA) is 205 Å². The van der Waals surface area contributed by atoms with Crippen molar-refractivity contribution in [2.45, 2.75) is 70.6 Å². The summed E-state index contributed by atoms with van der Waals surface area (Å²) in [6.07, 6.45) is 5.18. The van der Waals surface area contributed by atoms with Gasteiger partial charge in [0.25, 0.3) is 5.91 Å². The summed E-state index contributed by atoms with van der Waals surface area (Å²) in [5, 5.41) is 44.5. The van der Waals surface area contributed by atoms with Gasteiger partial charge in [-0.2, -0.15) is 11.8 Å². The lowest BCUT2D eigenvalue weighted by molar-refractivity contribution is -0.138. The average Bonchev–Trinajstić information content (AvgIpc) is 3.56. The van der Waals surface area contributed by atoms with E-state index >= 15 is 0 Å². The van der Waals surface area contributed by atoms with Gasteiger partial charge in [0.15, 0.2) is 0 Å². The van der Waals surface area contributed by atoms with E-state index in [2.05, 4.69) is 20.6 Å². The van der Waals surface area contributed by atoms with E-state index in [0.29, 0.717) is 17.2 Å². The Morgan fingerprint density at radius 3 is 2.20 bits per heavy atom. The van der Waals surface area contributed by atoms with Crippen LogP contribution in [-0.4, -0.2) is 77.8 Å². The molecule has 5 heterocycles. The number of allylic oxidation sites excluding steroid dienone is 1. The minimum Gasteiger partial charge on any atom is -0.515 e. The van der Waals surface area contributed by atoms with E-state index < -0.39 is 23.9 Å². The van der Waals surface area contributed by atoms with Gasteiger partial charge in [-0.25, -0.2) is 0 Å². The number of thioether (sulfide) groups is 1. The number of aromatic amines is 2. The van der Waals surface area contributed by atoms with E-state index in [1.165, 1.54) is 6.08 Å². The van der Waals surface area contributed by atoms with Crippen molar-refractivity contribution in [3.05, 3.63) is 74.2 Å². The highest BCUT2D eigenvalue weighted by Crippen LogP contribution is 2.46. The number of nitrogens with one attached hydrogen (secondary N) is 4. The minimum atomic E-state index is -0.941. The molecular weight excluding hydrogens is 612 g/mol. The molecule has 0 radical (unpaired) electrons. The molecule has 13 heteroatoms. The van der Waals surface area contributed by atoms with Crippen LogP contribution < -0.4 is 10.6 Å². The maximum absolute atomic E-state index is 12.6. The molecule has 0 aromatic carbocycles. The van der Waals surface area contributed by atoms with Gasteiger partial charge < -0.3 is 41.0 Å². The van der Waals surface area contributed by atoms with E-state index in [9.17, 15) is 39.6 Å². The number of aromatic nitrogens is 2. The normalized spacial score (nSPS) is 25.1. The number of aliphatic carboxylic acids is 2. The number of carbonyl (C=O) groups excluding carboxylic acids is 2. The van der Waals surface area contributed by atoms with Crippen molar-refractivity contribution >= 4 is 41.6 Å². The number of aliphatic hydroxyl groups is 2. The second-order valence-electron chi connectivity index (χ2n) is 12.2. The van der Waals surface area contributed by atoms with Crippen LogP contribution in [0.15, 0.2) is 29.2 Å². The smallest absolute Gasteiger partial charge is 0.303 e. The van der Waals surface area contributed by atoms with Crippen molar-refractivity contribution in [2.75, 3.05) is 12.4 Å². The largest absolute Gasteiger partial charge is 0.515 e. The molecule has 2 aromatic rings. The molecule has 0 bridgehead atoms. The molecule has 2 amide bonds. The Morgan fingerprint density at radius 1 is 0.978 bits per heavy atom. The van der Waals surface area contributed by atoms with Crippen LogP contribution in [0, 0.1) is 25.7 Å². The number of carboxylic acid groups (broad SMARTS) is 2. The fourth-order valence-electron chi connectivity index (χ4n) is 6.75. The van der Waals surface area contributed by atoms with Crippen LogP contribution in [0.1, 0.15) is 64.8 Å². The summed E-state index contributed by atoms with van der Waals surface area (Å²) in [6, 6.07) is -0.563. The number of carboxylic acids is 2. The molecule has 0 spiro atoms. The first-order chi connectivity index (χ1) is 21.9. The molecule has 46 heavy (non-hydrogen) atoms. The van der Waals surface area contributed by atoms with E-state index in [0.717, 1.165) is 62.7 Å². The van der Waals surface area contributed by atoms with Crippen molar-refractivity contribution in [3.63, 3.8) is 0 Å². The highest BCUT2D eigenvalue weighted by atomic mass is 32.2. The number of hydrogen-bond acceptors (Lipinski definition) is 7. The average molecular weight is 653 g/mol. The molecule has 4 atom stereocenters. The van der Waals surface area contributed by atoms with E-state index in [1.54, 1.807) is 0 Å². The van der Waals surface area contributed by atoms with Gasteiger partial charge in [0, 0.05) is 88.1 Å². The summed E-state index contributed by atoms with van der Waals surface area (Å²) in [5.41, 5.74) is 7.94. The molecule has 0 unspecified atom stereocenters. The first-order valence-corrected chi connectivity index (χ1v) is 16.4. The highest BCUT2D eigenvalue weighted by Gasteiger charge is 2.45. The number of carbonyl (C=O) groups is 4. The third kappa shape index (κ3) is 6.80. The van der Waals surface area contributed by atoms with Crippen molar-refractivity contribution in [1.29, 1.82) is 0 Å². The quantitative estimate of drug-likeness (QED) is 0.0909. The molecule has 2 aromatic heterocycles. The van der Waals surface area contributed by atoms with Gasteiger partial charge in [0.05, 0.1) is 18.9 Å². The molecule has 0 saturated carbocycles. The van der Waals surface area contributed by atoms with Gasteiger partial charge in [-0.1, -0.05) is 6.92 Å². The summed E-state index contributed by atoms with van der Waals surface area (Å²) in [7, 11) is 0. The van der Waals surface area contributed by atoms with Gasteiger partial charge >= 0.3 is 11.9 Å². The zero-order chi connectivity index (χ0) is 33.3. The zero-order valence-electron chi connectivity index (χ0n) is 26.0. The van der Waals surface area contributed by atoms with E-state index in [4.69, 9.17) is 0 Å². The fourth-order valence-corrected chi connectivity index (χ4v) is 7.66. The monoisotopic (exact) mass is 652 g/mol. The predicted molar refractivity (Wildman–Crippen MR) is 172 cm³/mol. The Kier molecular flexibility index (Phi) is 9.82. The van der Waals surface area contributed by atoms with E-state index in [-0.39, 0.29) is 62.0 Å². The van der Waals surface area contributed by atoms with Crippen LogP contribution in [-0.2, 0) is 44.9 Å².